The molecule has 0 aliphatic heterocycles. The van der Waals surface area contributed by atoms with Gasteiger partial charge in [-0.15, -0.1) is 6.42 Å². The molecule has 3 nitrogen and oxygen atoms in total. The van der Waals surface area contributed by atoms with Crippen molar-refractivity contribution in [2.24, 2.45) is 17.3 Å². The Morgan fingerprint density at radius 1 is 1.09 bits per heavy atom. The van der Waals surface area contributed by atoms with E-state index >= 15 is 0 Å². The van der Waals surface area contributed by atoms with Crippen molar-refractivity contribution < 1.29 is 23.4 Å². The molecule has 2 fully saturated rings. The zero-order valence-electron chi connectivity index (χ0n) is 19.2. The van der Waals surface area contributed by atoms with Gasteiger partial charge in [0.1, 0.15) is 11.4 Å². The highest BCUT2D eigenvalue weighted by molar-refractivity contribution is 6.23. The summed E-state index contributed by atoms with van der Waals surface area (Å²) < 4.78 is 34.7. The third kappa shape index (κ3) is 2.99. The molecule has 1 N–H and O–H groups in total. The van der Waals surface area contributed by atoms with Gasteiger partial charge in [0.05, 0.1) is 7.11 Å². The van der Waals surface area contributed by atoms with Gasteiger partial charge >= 0.3 is 5.92 Å². The zero-order chi connectivity index (χ0) is 23.6. The van der Waals surface area contributed by atoms with Crippen molar-refractivity contribution >= 4 is 11.4 Å². The molecule has 1 aromatic carbocycles. The summed E-state index contributed by atoms with van der Waals surface area (Å²) in [5, 5.41) is 11.2. The van der Waals surface area contributed by atoms with Crippen molar-refractivity contribution in [3.8, 4) is 18.1 Å². The van der Waals surface area contributed by atoms with Gasteiger partial charge in [-0.3, -0.25) is 4.79 Å². The van der Waals surface area contributed by atoms with Crippen LogP contribution in [-0.2, 0) is 4.79 Å². The van der Waals surface area contributed by atoms with E-state index in [4.69, 9.17) is 11.2 Å². The monoisotopic (exact) mass is 452 g/mol. The Kier molecular flexibility index (Phi) is 5.10. The number of Topliss-reactive ketones (excluding diaryl/α,β-unsaturated/α-hetero) is 1. The Bertz CT molecular complexity index is 1110. The second kappa shape index (κ2) is 7.53. The minimum atomic E-state index is -3.54. The van der Waals surface area contributed by atoms with Crippen LogP contribution < -0.4 is 4.74 Å². The molecule has 0 bridgehead atoms. The molecule has 5 rings (SSSR count). The second-order valence-electron chi connectivity index (χ2n) is 10.3. The molecule has 174 valence electrons. The predicted octanol–water partition coefficient (Wildman–Crippen LogP) is 5.73. The van der Waals surface area contributed by atoms with E-state index in [-0.39, 0.29) is 24.0 Å². The Hall–Kier alpha value is -2.45. The first-order valence-electron chi connectivity index (χ1n) is 11.9. The van der Waals surface area contributed by atoms with Crippen LogP contribution in [0.4, 0.5) is 8.78 Å². The highest BCUT2D eigenvalue weighted by atomic mass is 19.3. The van der Waals surface area contributed by atoms with Crippen LogP contribution in [0.1, 0.15) is 63.9 Å². The van der Waals surface area contributed by atoms with E-state index in [1.54, 1.807) is 13.0 Å². The Morgan fingerprint density at radius 2 is 1.82 bits per heavy atom. The maximum Gasteiger partial charge on any atom is 0.336 e. The summed E-state index contributed by atoms with van der Waals surface area (Å²) in [7, 11) is 1.62. The van der Waals surface area contributed by atoms with Gasteiger partial charge in [0.15, 0.2) is 5.78 Å². The van der Waals surface area contributed by atoms with Crippen molar-refractivity contribution in [3.63, 3.8) is 0 Å². The van der Waals surface area contributed by atoms with Crippen molar-refractivity contribution in [3.05, 3.63) is 46.5 Å². The summed E-state index contributed by atoms with van der Waals surface area (Å²) in [4.78, 5) is 13.0. The number of rotatable bonds is 3. The molecule has 0 amide bonds. The van der Waals surface area contributed by atoms with Gasteiger partial charge in [-0.05, 0) is 91.5 Å². The Labute approximate surface area is 193 Å². The molecule has 0 heterocycles. The van der Waals surface area contributed by atoms with E-state index in [1.165, 1.54) is 11.1 Å². The van der Waals surface area contributed by atoms with Gasteiger partial charge in [0, 0.05) is 17.4 Å². The third-order valence-electron chi connectivity index (χ3n) is 9.15. The van der Waals surface area contributed by atoms with Crippen LogP contribution in [0.2, 0.25) is 0 Å². The van der Waals surface area contributed by atoms with Gasteiger partial charge in [-0.25, -0.2) is 0 Å². The van der Waals surface area contributed by atoms with E-state index < -0.39 is 16.9 Å². The van der Waals surface area contributed by atoms with Crippen LogP contribution >= 0.6 is 0 Å². The number of alkyl halides is 2. The molecular weight excluding hydrogens is 422 g/mol. The predicted molar refractivity (Wildman–Crippen MR) is 123 cm³/mol. The summed E-state index contributed by atoms with van der Waals surface area (Å²) in [6.07, 6.45) is 9.66. The smallest absolute Gasteiger partial charge is 0.336 e. The quantitative estimate of drug-likeness (QED) is 0.596. The number of terminal acetylenes is 1. The molecule has 0 saturated heterocycles. The molecule has 0 unspecified atom stereocenters. The number of hydrogen-bond acceptors (Lipinski definition) is 3. The number of ketones is 1. The van der Waals surface area contributed by atoms with Crippen molar-refractivity contribution in [1.29, 1.82) is 0 Å². The van der Waals surface area contributed by atoms with Gasteiger partial charge in [-0.1, -0.05) is 24.6 Å². The first kappa shape index (κ1) is 22.3. The largest absolute Gasteiger partial charge is 0.497 e. The van der Waals surface area contributed by atoms with E-state index in [9.17, 15) is 18.7 Å². The number of methoxy groups -OCH3 is 1. The number of carbonyl (C=O) groups excluding carboxylic acids is 1. The number of aliphatic hydroxyl groups is 1. The molecule has 4 atom stereocenters. The minimum absolute atomic E-state index is 0.0263. The van der Waals surface area contributed by atoms with E-state index in [2.05, 4.69) is 0 Å². The zero-order valence-corrected chi connectivity index (χ0v) is 19.2. The summed E-state index contributed by atoms with van der Waals surface area (Å²) in [5.74, 6) is -0.901. The lowest BCUT2D eigenvalue weighted by Crippen LogP contribution is -2.59. The third-order valence-corrected chi connectivity index (χ3v) is 9.15. The molecule has 1 aromatic rings. The average molecular weight is 453 g/mol. The van der Waals surface area contributed by atoms with Crippen LogP contribution in [0.3, 0.4) is 0 Å². The Balaban J connectivity index is 1.56. The van der Waals surface area contributed by atoms with Gasteiger partial charge in [0.25, 0.3) is 0 Å². The number of benzene rings is 1. The SMILES string of the molecule is C#CC(F)(F)[C@]1(O)CC[C@H]2[C@@H]3CCC4=C(c5ccc(OC)cc5)C(=O)CCC4=C3CC[C@@]21C. The molecule has 0 spiro atoms. The fourth-order valence-electron chi connectivity index (χ4n) is 7.38. The van der Waals surface area contributed by atoms with Crippen molar-refractivity contribution in [2.75, 3.05) is 7.11 Å². The first-order valence-corrected chi connectivity index (χ1v) is 11.9. The molecule has 0 radical (unpaired) electrons. The van der Waals surface area contributed by atoms with Crippen LogP contribution in [0, 0.1) is 29.6 Å². The van der Waals surface area contributed by atoms with Crippen LogP contribution in [0.5, 0.6) is 5.75 Å². The van der Waals surface area contributed by atoms with E-state index in [0.717, 1.165) is 35.3 Å². The lowest BCUT2D eigenvalue weighted by Gasteiger charge is -2.52. The molecule has 4 aliphatic carbocycles. The van der Waals surface area contributed by atoms with Gasteiger partial charge in [-0.2, -0.15) is 8.78 Å². The van der Waals surface area contributed by atoms with Crippen LogP contribution in [0.15, 0.2) is 41.0 Å². The molecule has 4 aliphatic rings. The maximum atomic E-state index is 14.7. The number of halogens is 2. The molecular formula is C28H30F2O3. The summed E-state index contributed by atoms with van der Waals surface area (Å²) in [6, 6.07) is 7.63. The lowest BCUT2D eigenvalue weighted by atomic mass is 9.54. The standard InChI is InChI=1S/C28H30F2O3/c1-4-28(29,30)27(32)16-14-23-21-9-10-22-19(20(21)13-15-26(23,27)2)11-12-24(31)25(22)17-5-7-18(33-3)8-6-17/h1,5-8,21,23,32H,9-16H2,2-3H3/t21-,23+,26+,27+/m1/s1. The van der Waals surface area contributed by atoms with E-state index in [1.807, 2.05) is 31.2 Å². The Morgan fingerprint density at radius 3 is 2.48 bits per heavy atom. The molecule has 5 heteroatoms. The fraction of sp³-hybridized carbons (Fsp3) is 0.536. The highest BCUT2D eigenvalue weighted by Crippen LogP contribution is 2.66. The maximum absolute atomic E-state index is 14.7. The minimum Gasteiger partial charge on any atom is -0.497 e. The van der Waals surface area contributed by atoms with Crippen molar-refractivity contribution in [2.45, 2.75) is 69.8 Å². The summed E-state index contributed by atoms with van der Waals surface area (Å²) >= 11 is 0. The molecule has 2 saturated carbocycles. The highest BCUT2D eigenvalue weighted by Gasteiger charge is 2.69. The van der Waals surface area contributed by atoms with E-state index in [0.29, 0.717) is 32.1 Å². The lowest BCUT2D eigenvalue weighted by molar-refractivity contribution is -0.207. The van der Waals surface area contributed by atoms with Gasteiger partial charge < -0.3 is 9.84 Å². The fourth-order valence-corrected chi connectivity index (χ4v) is 7.38. The topological polar surface area (TPSA) is 46.5 Å². The number of ether oxygens (including phenoxy) is 1. The van der Waals surface area contributed by atoms with Crippen LogP contribution in [-0.4, -0.2) is 29.5 Å². The number of allylic oxidation sites excluding steroid dienone is 4. The summed E-state index contributed by atoms with van der Waals surface area (Å²) in [5.41, 5.74) is 2.36. The number of fused-ring (bicyclic) bond motifs is 4. The average Bonchev–Trinajstić information content (AvgIpc) is 3.11. The van der Waals surface area contributed by atoms with Crippen LogP contribution in [0.25, 0.3) is 5.57 Å². The number of hydrogen-bond donors (Lipinski definition) is 1. The van der Waals surface area contributed by atoms with Crippen molar-refractivity contribution in [1.82, 2.24) is 0 Å². The summed E-state index contributed by atoms with van der Waals surface area (Å²) in [6.45, 7) is 1.82. The number of carbonyl (C=O) groups is 1. The molecule has 33 heavy (non-hydrogen) atoms. The normalized spacial score (nSPS) is 33.9. The molecule has 0 aromatic heterocycles. The second-order valence-corrected chi connectivity index (χ2v) is 10.3. The van der Waals surface area contributed by atoms with Gasteiger partial charge in [0.2, 0.25) is 0 Å². The first-order chi connectivity index (χ1) is 15.7.